The molecule has 0 saturated heterocycles. The van der Waals surface area contributed by atoms with E-state index in [-0.39, 0.29) is 0 Å². The van der Waals surface area contributed by atoms with Gasteiger partial charge in [-0.1, -0.05) is 32.8 Å². The van der Waals surface area contributed by atoms with Crippen LogP contribution in [0.5, 0.6) is 0 Å². The Kier molecular flexibility index (Phi) is 4.42. The largest absolute Gasteiger partial charge is 0.314 e. The van der Waals surface area contributed by atoms with Crippen LogP contribution in [0.3, 0.4) is 0 Å². The van der Waals surface area contributed by atoms with Crippen molar-refractivity contribution in [3.05, 3.63) is 22.4 Å². The van der Waals surface area contributed by atoms with Crippen molar-refractivity contribution in [2.24, 2.45) is 5.92 Å². The van der Waals surface area contributed by atoms with Crippen molar-refractivity contribution >= 4 is 11.3 Å². The fourth-order valence-electron chi connectivity index (χ4n) is 2.72. The van der Waals surface area contributed by atoms with Crippen molar-refractivity contribution in [1.29, 1.82) is 0 Å². The Hall–Kier alpha value is -0.340. The first-order valence-electron chi connectivity index (χ1n) is 6.54. The molecule has 90 valence electrons. The third-order valence-corrected chi connectivity index (χ3v) is 4.63. The number of hydrogen-bond acceptors (Lipinski definition) is 2. The minimum atomic E-state index is 0.601. The fourth-order valence-corrected chi connectivity index (χ4v) is 3.65. The monoisotopic (exact) mass is 237 g/mol. The second-order valence-corrected chi connectivity index (χ2v) is 6.21. The van der Waals surface area contributed by atoms with Crippen LogP contribution in [0.1, 0.15) is 50.3 Å². The highest BCUT2D eigenvalue weighted by Crippen LogP contribution is 2.38. The van der Waals surface area contributed by atoms with Crippen molar-refractivity contribution in [1.82, 2.24) is 5.32 Å². The van der Waals surface area contributed by atoms with Crippen LogP contribution in [-0.4, -0.2) is 12.6 Å². The predicted molar refractivity (Wildman–Crippen MR) is 72.2 cm³/mol. The molecule has 2 rings (SSSR count). The van der Waals surface area contributed by atoms with Crippen molar-refractivity contribution < 1.29 is 0 Å². The predicted octanol–water partition coefficient (Wildman–Crippen LogP) is 4.02. The molecular weight excluding hydrogens is 214 g/mol. The van der Waals surface area contributed by atoms with Crippen molar-refractivity contribution in [2.45, 2.75) is 51.5 Å². The summed E-state index contributed by atoms with van der Waals surface area (Å²) in [5.74, 6) is 1.68. The lowest BCUT2D eigenvalue weighted by molar-refractivity contribution is 0.402. The molecule has 0 spiro atoms. The number of rotatable bonds is 5. The summed E-state index contributed by atoms with van der Waals surface area (Å²) in [7, 11) is 0. The molecule has 1 aliphatic rings. The first-order valence-corrected chi connectivity index (χ1v) is 7.42. The van der Waals surface area contributed by atoms with E-state index < -0.39 is 0 Å². The minimum Gasteiger partial charge on any atom is -0.314 e. The Morgan fingerprint density at radius 2 is 2.12 bits per heavy atom. The van der Waals surface area contributed by atoms with E-state index in [2.05, 4.69) is 36.7 Å². The van der Waals surface area contributed by atoms with Gasteiger partial charge in [-0.15, -0.1) is 11.3 Å². The van der Waals surface area contributed by atoms with E-state index in [1.54, 1.807) is 4.88 Å². The highest BCUT2D eigenvalue weighted by molar-refractivity contribution is 7.10. The van der Waals surface area contributed by atoms with Crippen LogP contribution in [-0.2, 0) is 0 Å². The van der Waals surface area contributed by atoms with Crippen molar-refractivity contribution in [3.8, 4) is 0 Å². The Morgan fingerprint density at radius 3 is 2.69 bits per heavy atom. The molecular formula is C14H23NS. The van der Waals surface area contributed by atoms with Crippen LogP contribution in [0, 0.1) is 5.92 Å². The molecule has 0 aliphatic heterocycles. The second kappa shape index (κ2) is 5.83. The summed E-state index contributed by atoms with van der Waals surface area (Å²) < 4.78 is 0. The van der Waals surface area contributed by atoms with Gasteiger partial charge in [-0.2, -0.15) is 0 Å². The molecule has 1 N–H and O–H groups in total. The lowest BCUT2D eigenvalue weighted by Crippen LogP contribution is -2.30. The number of thiophene rings is 1. The SMILES string of the molecule is CC(C)NCC(c1cccs1)C1CCCC1. The standard InChI is InChI=1S/C14H23NS/c1-11(2)15-10-13(12-6-3-4-7-12)14-8-5-9-16-14/h5,8-9,11-13,15H,3-4,6-7,10H2,1-2H3. The molecule has 1 aromatic heterocycles. The van der Waals surface area contributed by atoms with Gasteiger partial charge in [0.05, 0.1) is 0 Å². The summed E-state index contributed by atoms with van der Waals surface area (Å²) in [6.07, 6.45) is 5.74. The molecule has 1 fully saturated rings. The Balaban J connectivity index is 2.00. The summed E-state index contributed by atoms with van der Waals surface area (Å²) in [4.78, 5) is 1.58. The lowest BCUT2D eigenvalue weighted by Gasteiger charge is -2.24. The number of hydrogen-bond donors (Lipinski definition) is 1. The summed E-state index contributed by atoms with van der Waals surface area (Å²) in [5.41, 5.74) is 0. The van der Waals surface area contributed by atoms with Crippen LogP contribution < -0.4 is 5.32 Å². The van der Waals surface area contributed by atoms with Gasteiger partial charge in [0.15, 0.2) is 0 Å². The highest BCUT2D eigenvalue weighted by atomic mass is 32.1. The van der Waals surface area contributed by atoms with Crippen LogP contribution in [0.15, 0.2) is 17.5 Å². The average Bonchev–Trinajstić information content (AvgIpc) is 2.88. The van der Waals surface area contributed by atoms with Gasteiger partial charge in [-0.25, -0.2) is 0 Å². The summed E-state index contributed by atoms with van der Waals surface area (Å²) in [5, 5.41) is 5.83. The van der Waals surface area contributed by atoms with Crippen LogP contribution in [0.4, 0.5) is 0 Å². The van der Waals surface area contributed by atoms with Gasteiger partial charge in [0.25, 0.3) is 0 Å². The Labute approximate surface area is 103 Å². The molecule has 1 unspecified atom stereocenters. The molecule has 0 radical (unpaired) electrons. The zero-order valence-corrected chi connectivity index (χ0v) is 11.2. The molecule has 1 atom stereocenters. The van der Waals surface area contributed by atoms with Gasteiger partial charge in [-0.05, 0) is 30.2 Å². The molecule has 1 nitrogen and oxygen atoms in total. The fraction of sp³-hybridized carbons (Fsp3) is 0.714. The maximum absolute atomic E-state index is 3.62. The molecule has 0 bridgehead atoms. The van der Waals surface area contributed by atoms with E-state index in [1.165, 1.54) is 25.7 Å². The van der Waals surface area contributed by atoms with E-state index in [1.807, 2.05) is 11.3 Å². The molecule has 1 saturated carbocycles. The van der Waals surface area contributed by atoms with E-state index >= 15 is 0 Å². The maximum atomic E-state index is 3.62. The lowest BCUT2D eigenvalue weighted by atomic mass is 9.89. The number of nitrogens with one attached hydrogen (secondary N) is 1. The summed E-state index contributed by atoms with van der Waals surface area (Å²) in [6.45, 7) is 5.63. The highest BCUT2D eigenvalue weighted by Gasteiger charge is 2.26. The topological polar surface area (TPSA) is 12.0 Å². The third kappa shape index (κ3) is 3.08. The van der Waals surface area contributed by atoms with Crippen LogP contribution in [0.25, 0.3) is 0 Å². The minimum absolute atomic E-state index is 0.601. The average molecular weight is 237 g/mol. The quantitative estimate of drug-likeness (QED) is 0.815. The van der Waals surface area contributed by atoms with Gasteiger partial charge in [0.1, 0.15) is 0 Å². The molecule has 16 heavy (non-hydrogen) atoms. The Morgan fingerprint density at radius 1 is 1.38 bits per heavy atom. The van der Waals surface area contributed by atoms with Crippen molar-refractivity contribution in [3.63, 3.8) is 0 Å². The zero-order valence-electron chi connectivity index (χ0n) is 10.4. The van der Waals surface area contributed by atoms with E-state index in [0.717, 1.165) is 18.4 Å². The first-order chi connectivity index (χ1) is 7.77. The summed E-state index contributed by atoms with van der Waals surface area (Å²) >= 11 is 1.93. The third-order valence-electron chi connectivity index (χ3n) is 3.62. The van der Waals surface area contributed by atoms with Gasteiger partial charge in [-0.3, -0.25) is 0 Å². The van der Waals surface area contributed by atoms with Crippen LogP contribution >= 0.6 is 11.3 Å². The second-order valence-electron chi connectivity index (χ2n) is 5.23. The maximum Gasteiger partial charge on any atom is 0.00916 e. The van der Waals surface area contributed by atoms with E-state index in [0.29, 0.717) is 6.04 Å². The van der Waals surface area contributed by atoms with Crippen molar-refractivity contribution in [2.75, 3.05) is 6.54 Å². The molecule has 0 aromatic carbocycles. The molecule has 1 heterocycles. The summed E-state index contributed by atoms with van der Waals surface area (Å²) in [6, 6.07) is 5.11. The molecule has 2 heteroatoms. The molecule has 1 aromatic rings. The van der Waals surface area contributed by atoms with Gasteiger partial charge >= 0.3 is 0 Å². The smallest absolute Gasteiger partial charge is 0.00916 e. The van der Waals surface area contributed by atoms with Gasteiger partial charge < -0.3 is 5.32 Å². The van der Waals surface area contributed by atoms with Crippen LogP contribution in [0.2, 0.25) is 0 Å². The first kappa shape index (κ1) is 12.1. The Bertz CT molecular complexity index is 286. The van der Waals surface area contributed by atoms with Gasteiger partial charge in [0, 0.05) is 23.4 Å². The molecule has 0 amide bonds. The van der Waals surface area contributed by atoms with E-state index in [4.69, 9.17) is 0 Å². The molecule has 1 aliphatic carbocycles. The zero-order chi connectivity index (χ0) is 11.4. The normalized spacial score (nSPS) is 19.4. The van der Waals surface area contributed by atoms with E-state index in [9.17, 15) is 0 Å². The van der Waals surface area contributed by atoms with Gasteiger partial charge in [0.2, 0.25) is 0 Å².